The molecule has 16 heavy (non-hydrogen) atoms. The van der Waals surface area contributed by atoms with E-state index in [0.717, 1.165) is 31.7 Å². The number of benzene rings is 1. The number of ether oxygens (including phenoxy) is 1. The Kier molecular flexibility index (Phi) is 6.27. The van der Waals surface area contributed by atoms with Crippen LogP contribution in [-0.4, -0.2) is 19.2 Å². The Morgan fingerprint density at radius 3 is 2.69 bits per heavy atom. The Hall–Kier alpha value is -0.730. The standard InChI is InChI=1S/C13H20ClNO/c1-3-7-11(10-15-4-2)16-13-9-6-5-8-12(13)14/h5-6,8-9,11,15H,3-4,7,10H2,1-2H3. The molecule has 1 aromatic carbocycles. The normalized spacial score (nSPS) is 12.4. The van der Waals surface area contributed by atoms with Gasteiger partial charge in [0.2, 0.25) is 0 Å². The first-order valence-electron chi connectivity index (χ1n) is 5.89. The molecule has 90 valence electrons. The van der Waals surface area contributed by atoms with Gasteiger partial charge in [0, 0.05) is 6.54 Å². The number of rotatable bonds is 7. The minimum atomic E-state index is 0.199. The summed E-state index contributed by atoms with van der Waals surface area (Å²) in [5.74, 6) is 0.778. The molecule has 1 rings (SSSR count). The molecule has 0 radical (unpaired) electrons. The number of para-hydroxylation sites is 1. The summed E-state index contributed by atoms with van der Waals surface area (Å²) in [6, 6.07) is 7.62. The number of halogens is 1. The topological polar surface area (TPSA) is 21.3 Å². The molecule has 0 saturated carbocycles. The summed E-state index contributed by atoms with van der Waals surface area (Å²) < 4.78 is 5.89. The average molecular weight is 242 g/mol. The van der Waals surface area contributed by atoms with Crippen molar-refractivity contribution in [1.82, 2.24) is 5.32 Å². The van der Waals surface area contributed by atoms with Crippen LogP contribution in [0.15, 0.2) is 24.3 Å². The maximum atomic E-state index is 6.06. The van der Waals surface area contributed by atoms with Gasteiger partial charge in [-0.3, -0.25) is 0 Å². The monoisotopic (exact) mass is 241 g/mol. The van der Waals surface area contributed by atoms with Gasteiger partial charge in [-0.15, -0.1) is 0 Å². The van der Waals surface area contributed by atoms with E-state index in [1.54, 1.807) is 0 Å². The quantitative estimate of drug-likeness (QED) is 0.789. The van der Waals surface area contributed by atoms with E-state index < -0.39 is 0 Å². The van der Waals surface area contributed by atoms with Crippen LogP contribution in [0.25, 0.3) is 0 Å². The van der Waals surface area contributed by atoms with Gasteiger partial charge in [-0.05, 0) is 25.1 Å². The fraction of sp³-hybridized carbons (Fsp3) is 0.538. The fourth-order valence-electron chi connectivity index (χ4n) is 1.55. The van der Waals surface area contributed by atoms with Gasteiger partial charge >= 0.3 is 0 Å². The van der Waals surface area contributed by atoms with Crippen LogP contribution in [0.4, 0.5) is 0 Å². The van der Waals surface area contributed by atoms with Crippen molar-refractivity contribution in [2.75, 3.05) is 13.1 Å². The number of nitrogens with one attached hydrogen (secondary N) is 1. The van der Waals surface area contributed by atoms with Crippen LogP contribution in [0.5, 0.6) is 5.75 Å². The molecular formula is C13H20ClNO. The number of hydrogen-bond acceptors (Lipinski definition) is 2. The molecule has 0 aliphatic rings. The van der Waals surface area contributed by atoms with Crippen LogP contribution in [0.1, 0.15) is 26.7 Å². The van der Waals surface area contributed by atoms with Crippen LogP contribution in [0.3, 0.4) is 0 Å². The van der Waals surface area contributed by atoms with Crippen LogP contribution >= 0.6 is 11.6 Å². The largest absolute Gasteiger partial charge is 0.488 e. The number of likely N-dealkylation sites (N-methyl/N-ethyl adjacent to an activating group) is 1. The minimum absolute atomic E-state index is 0.199. The minimum Gasteiger partial charge on any atom is -0.488 e. The van der Waals surface area contributed by atoms with Gasteiger partial charge < -0.3 is 10.1 Å². The predicted molar refractivity (Wildman–Crippen MR) is 69.3 cm³/mol. The maximum Gasteiger partial charge on any atom is 0.138 e. The molecule has 1 aromatic rings. The summed E-state index contributed by atoms with van der Waals surface area (Å²) in [6.45, 7) is 6.09. The van der Waals surface area contributed by atoms with Gasteiger partial charge in [-0.1, -0.05) is 44.0 Å². The molecule has 0 aliphatic heterocycles. The Morgan fingerprint density at radius 1 is 1.31 bits per heavy atom. The molecule has 0 spiro atoms. The summed E-state index contributed by atoms with van der Waals surface area (Å²) in [6.07, 6.45) is 2.35. The smallest absolute Gasteiger partial charge is 0.138 e. The highest BCUT2D eigenvalue weighted by Gasteiger charge is 2.10. The van der Waals surface area contributed by atoms with Crippen molar-refractivity contribution >= 4 is 11.6 Å². The lowest BCUT2D eigenvalue weighted by molar-refractivity contribution is 0.187. The van der Waals surface area contributed by atoms with Crippen molar-refractivity contribution in [3.8, 4) is 5.75 Å². The van der Waals surface area contributed by atoms with Crippen LogP contribution in [0.2, 0.25) is 5.02 Å². The van der Waals surface area contributed by atoms with Gasteiger partial charge in [0.15, 0.2) is 0 Å². The Bertz CT molecular complexity index is 304. The van der Waals surface area contributed by atoms with E-state index in [9.17, 15) is 0 Å². The summed E-state index contributed by atoms with van der Waals surface area (Å²) in [5.41, 5.74) is 0. The van der Waals surface area contributed by atoms with E-state index in [-0.39, 0.29) is 6.10 Å². The highest BCUT2D eigenvalue weighted by molar-refractivity contribution is 6.32. The first-order chi connectivity index (χ1) is 7.77. The Labute approximate surface area is 103 Å². The molecule has 0 aliphatic carbocycles. The van der Waals surface area contributed by atoms with Crippen molar-refractivity contribution in [2.24, 2.45) is 0 Å². The summed E-state index contributed by atoms with van der Waals surface area (Å²) >= 11 is 6.06. The molecule has 1 unspecified atom stereocenters. The molecule has 0 heterocycles. The third-order valence-electron chi connectivity index (χ3n) is 2.36. The van der Waals surface area contributed by atoms with Crippen molar-refractivity contribution in [3.05, 3.63) is 29.3 Å². The highest BCUT2D eigenvalue weighted by Crippen LogP contribution is 2.24. The van der Waals surface area contributed by atoms with Crippen molar-refractivity contribution in [2.45, 2.75) is 32.8 Å². The van der Waals surface area contributed by atoms with Crippen molar-refractivity contribution < 1.29 is 4.74 Å². The Morgan fingerprint density at radius 2 is 2.06 bits per heavy atom. The summed E-state index contributed by atoms with van der Waals surface area (Å²) in [5, 5.41) is 3.99. The SMILES string of the molecule is CCCC(CNCC)Oc1ccccc1Cl. The Balaban J connectivity index is 2.56. The van der Waals surface area contributed by atoms with E-state index in [1.807, 2.05) is 24.3 Å². The predicted octanol–water partition coefficient (Wildman–Crippen LogP) is 3.50. The molecule has 0 saturated heterocycles. The van der Waals surface area contributed by atoms with Crippen molar-refractivity contribution in [1.29, 1.82) is 0 Å². The summed E-state index contributed by atoms with van der Waals surface area (Å²) in [7, 11) is 0. The third-order valence-corrected chi connectivity index (χ3v) is 2.68. The van der Waals surface area contributed by atoms with Gasteiger partial charge in [0.25, 0.3) is 0 Å². The average Bonchev–Trinajstić information content (AvgIpc) is 2.29. The second-order valence-electron chi connectivity index (χ2n) is 3.77. The molecule has 0 fully saturated rings. The number of hydrogen-bond donors (Lipinski definition) is 1. The van der Waals surface area contributed by atoms with Crippen LogP contribution < -0.4 is 10.1 Å². The zero-order valence-corrected chi connectivity index (χ0v) is 10.8. The fourth-order valence-corrected chi connectivity index (χ4v) is 1.73. The van der Waals surface area contributed by atoms with E-state index in [0.29, 0.717) is 5.02 Å². The molecule has 0 bridgehead atoms. The molecule has 2 nitrogen and oxygen atoms in total. The molecule has 3 heteroatoms. The second-order valence-corrected chi connectivity index (χ2v) is 4.17. The highest BCUT2D eigenvalue weighted by atomic mass is 35.5. The second kappa shape index (κ2) is 7.53. The van der Waals surface area contributed by atoms with Crippen LogP contribution in [0, 0.1) is 0 Å². The molecule has 0 aromatic heterocycles. The van der Waals surface area contributed by atoms with E-state index in [2.05, 4.69) is 19.2 Å². The third kappa shape index (κ3) is 4.42. The lowest BCUT2D eigenvalue weighted by Gasteiger charge is -2.19. The first-order valence-corrected chi connectivity index (χ1v) is 6.27. The summed E-state index contributed by atoms with van der Waals surface area (Å²) in [4.78, 5) is 0. The van der Waals surface area contributed by atoms with E-state index in [4.69, 9.17) is 16.3 Å². The van der Waals surface area contributed by atoms with Gasteiger partial charge in [-0.2, -0.15) is 0 Å². The van der Waals surface area contributed by atoms with Crippen LogP contribution in [-0.2, 0) is 0 Å². The first kappa shape index (κ1) is 13.3. The molecule has 0 amide bonds. The van der Waals surface area contributed by atoms with E-state index in [1.165, 1.54) is 0 Å². The lowest BCUT2D eigenvalue weighted by atomic mass is 10.2. The van der Waals surface area contributed by atoms with Gasteiger partial charge in [0.1, 0.15) is 11.9 Å². The maximum absolute atomic E-state index is 6.06. The molecule has 1 atom stereocenters. The lowest BCUT2D eigenvalue weighted by Crippen LogP contribution is -2.31. The van der Waals surface area contributed by atoms with Gasteiger partial charge in [-0.25, -0.2) is 0 Å². The van der Waals surface area contributed by atoms with Crippen molar-refractivity contribution in [3.63, 3.8) is 0 Å². The van der Waals surface area contributed by atoms with Gasteiger partial charge in [0.05, 0.1) is 5.02 Å². The molecular weight excluding hydrogens is 222 g/mol. The zero-order chi connectivity index (χ0) is 11.8. The molecule has 1 N–H and O–H groups in total. The zero-order valence-electron chi connectivity index (χ0n) is 10.0. The van der Waals surface area contributed by atoms with E-state index >= 15 is 0 Å².